The van der Waals surface area contributed by atoms with E-state index in [1.54, 1.807) is 0 Å². The highest BCUT2D eigenvalue weighted by Crippen LogP contribution is 2.32. The molecule has 2 aromatic carbocycles. The van der Waals surface area contributed by atoms with Gasteiger partial charge < -0.3 is 10.2 Å². The van der Waals surface area contributed by atoms with Gasteiger partial charge in [0, 0.05) is 29.7 Å². The fourth-order valence-electron chi connectivity index (χ4n) is 2.39. The highest BCUT2D eigenvalue weighted by atomic mass is 16.2. The van der Waals surface area contributed by atoms with Gasteiger partial charge in [-0.1, -0.05) is 36.4 Å². The van der Waals surface area contributed by atoms with E-state index in [9.17, 15) is 4.79 Å². The molecule has 0 aromatic heterocycles. The van der Waals surface area contributed by atoms with E-state index >= 15 is 0 Å². The number of anilines is 2. The largest absolute Gasteiger partial charge is 0.347 e. The number of fused-ring (bicyclic) bond motifs is 1. The van der Waals surface area contributed by atoms with Crippen molar-refractivity contribution in [3.8, 4) is 0 Å². The Kier molecular flexibility index (Phi) is 3.25. The van der Waals surface area contributed by atoms with Crippen molar-refractivity contribution in [2.24, 2.45) is 0 Å². The van der Waals surface area contributed by atoms with Gasteiger partial charge in [0.1, 0.15) is 0 Å². The molecule has 0 spiro atoms. The summed E-state index contributed by atoms with van der Waals surface area (Å²) in [6, 6.07) is 17.8. The number of nitrogens with zero attached hydrogens (tertiary/aromatic N) is 1. The lowest BCUT2D eigenvalue weighted by Gasteiger charge is -2.19. The second-order valence-electron chi connectivity index (χ2n) is 4.66. The Bertz CT molecular complexity index is 662. The zero-order valence-electron chi connectivity index (χ0n) is 11.3. The van der Waals surface area contributed by atoms with Crippen molar-refractivity contribution >= 4 is 22.9 Å². The van der Waals surface area contributed by atoms with Crippen LogP contribution in [0.5, 0.6) is 0 Å². The lowest BCUT2D eigenvalue weighted by molar-refractivity contribution is -0.110. The molecule has 3 rings (SSSR count). The van der Waals surface area contributed by atoms with Crippen LogP contribution in [-0.2, 0) is 4.79 Å². The molecule has 0 unspecified atom stereocenters. The molecular formula is C17H16N2O. The predicted octanol–water partition coefficient (Wildman–Crippen LogP) is 3.51. The van der Waals surface area contributed by atoms with E-state index in [1.165, 1.54) is 0 Å². The van der Waals surface area contributed by atoms with Crippen LogP contribution in [0.15, 0.2) is 60.8 Å². The van der Waals surface area contributed by atoms with Crippen LogP contribution in [-0.4, -0.2) is 12.5 Å². The lowest BCUT2D eigenvalue weighted by atomic mass is 10.1. The molecule has 1 aliphatic heterocycles. The van der Waals surface area contributed by atoms with Gasteiger partial charge in [0.2, 0.25) is 0 Å². The molecule has 100 valence electrons. The van der Waals surface area contributed by atoms with E-state index in [0.29, 0.717) is 5.57 Å². The van der Waals surface area contributed by atoms with Gasteiger partial charge in [-0.25, -0.2) is 0 Å². The van der Waals surface area contributed by atoms with Crippen molar-refractivity contribution in [2.75, 3.05) is 16.8 Å². The minimum absolute atomic E-state index is 0.0411. The third kappa shape index (κ3) is 2.18. The third-order valence-corrected chi connectivity index (χ3v) is 3.42. The molecule has 0 atom stereocenters. The van der Waals surface area contributed by atoms with Crippen molar-refractivity contribution < 1.29 is 4.79 Å². The number of benzene rings is 2. The quantitative estimate of drug-likeness (QED) is 0.860. The zero-order chi connectivity index (χ0) is 13.9. The number of amides is 1. The average molecular weight is 264 g/mol. The summed E-state index contributed by atoms with van der Waals surface area (Å²) in [6.07, 6.45) is 1.93. The van der Waals surface area contributed by atoms with Gasteiger partial charge in [-0.15, -0.1) is 0 Å². The normalized spacial score (nSPS) is 15.1. The van der Waals surface area contributed by atoms with Crippen LogP contribution in [0, 0.1) is 0 Å². The number of para-hydroxylation sites is 2. The maximum absolute atomic E-state index is 12.1. The fourth-order valence-corrected chi connectivity index (χ4v) is 2.39. The lowest BCUT2D eigenvalue weighted by Crippen LogP contribution is -2.17. The maximum Gasteiger partial charge on any atom is 0.257 e. The first-order valence-electron chi connectivity index (χ1n) is 6.74. The molecule has 2 aromatic rings. The van der Waals surface area contributed by atoms with E-state index in [-0.39, 0.29) is 5.91 Å². The molecule has 0 radical (unpaired) electrons. The standard InChI is InChI=1S/C17H16N2O/c1-2-19(13-8-4-3-5-9-13)12-15-14-10-6-7-11-16(14)18-17(15)20/h3-12H,2H2,1H3,(H,18,20)/b15-12+. The van der Waals surface area contributed by atoms with E-state index in [1.807, 2.05) is 60.8 Å². The van der Waals surface area contributed by atoms with Crippen LogP contribution < -0.4 is 10.2 Å². The van der Waals surface area contributed by atoms with Gasteiger partial charge in [0.25, 0.3) is 5.91 Å². The minimum atomic E-state index is -0.0411. The molecule has 1 amide bonds. The van der Waals surface area contributed by atoms with Crippen LogP contribution in [0.3, 0.4) is 0 Å². The Balaban J connectivity index is 2.01. The number of hydrogen-bond donors (Lipinski definition) is 1. The molecule has 0 bridgehead atoms. The molecule has 0 fully saturated rings. The molecule has 1 aliphatic rings. The molecule has 0 saturated heterocycles. The predicted molar refractivity (Wildman–Crippen MR) is 82.5 cm³/mol. The highest BCUT2D eigenvalue weighted by Gasteiger charge is 2.24. The summed E-state index contributed by atoms with van der Waals surface area (Å²) < 4.78 is 0. The number of hydrogen-bond acceptors (Lipinski definition) is 2. The van der Waals surface area contributed by atoms with Gasteiger partial charge in [-0.2, -0.15) is 0 Å². The van der Waals surface area contributed by atoms with E-state index < -0.39 is 0 Å². The fraction of sp³-hybridized carbons (Fsp3) is 0.118. The number of carbonyl (C=O) groups excluding carboxylic acids is 1. The first-order valence-corrected chi connectivity index (χ1v) is 6.74. The molecule has 3 heteroatoms. The second kappa shape index (κ2) is 5.21. The monoisotopic (exact) mass is 264 g/mol. The van der Waals surface area contributed by atoms with Crippen molar-refractivity contribution in [3.05, 3.63) is 66.4 Å². The SMILES string of the molecule is CCN(/C=C1/C(=O)Nc2ccccc21)c1ccccc1. The van der Waals surface area contributed by atoms with Gasteiger partial charge in [0.15, 0.2) is 0 Å². The molecule has 0 aliphatic carbocycles. The van der Waals surface area contributed by atoms with Crippen molar-refractivity contribution in [3.63, 3.8) is 0 Å². The molecule has 20 heavy (non-hydrogen) atoms. The van der Waals surface area contributed by atoms with Crippen molar-refractivity contribution in [1.82, 2.24) is 0 Å². The summed E-state index contributed by atoms with van der Waals surface area (Å²) in [5, 5.41) is 2.89. The van der Waals surface area contributed by atoms with E-state index in [0.717, 1.165) is 23.5 Å². The van der Waals surface area contributed by atoms with Crippen LogP contribution in [0.2, 0.25) is 0 Å². The summed E-state index contributed by atoms with van der Waals surface area (Å²) in [7, 11) is 0. The zero-order valence-corrected chi connectivity index (χ0v) is 11.3. The summed E-state index contributed by atoms with van der Waals surface area (Å²) in [6.45, 7) is 2.88. The first kappa shape index (κ1) is 12.5. The Morgan fingerprint density at radius 1 is 1.05 bits per heavy atom. The van der Waals surface area contributed by atoms with Crippen molar-refractivity contribution in [2.45, 2.75) is 6.92 Å². The number of nitrogens with one attached hydrogen (secondary N) is 1. The smallest absolute Gasteiger partial charge is 0.257 e. The van der Waals surface area contributed by atoms with Gasteiger partial charge in [-0.05, 0) is 25.1 Å². The highest BCUT2D eigenvalue weighted by molar-refractivity contribution is 6.31. The first-order chi connectivity index (χ1) is 9.79. The van der Waals surface area contributed by atoms with Crippen LogP contribution in [0.25, 0.3) is 5.57 Å². The molecule has 0 saturated carbocycles. The van der Waals surface area contributed by atoms with Gasteiger partial charge in [-0.3, -0.25) is 4.79 Å². The van der Waals surface area contributed by atoms with Gasteiger partial charge in [0.05, 0.1) is 5.57 Å². The minimum Gasteiger partial charge on any atom is -0.347 e. The molecule has 3 nitrogen and oxygen atoms in total. The Morgan fingerprint density at radius 3 is 2.50 bits per heavy atom. The van der Waals surface area contributed by atoms with Gasteiger partial charge >= 0.3 is 0 Å². The summed E-state index contributed by atoms with van der Waals surface area (Å²) >= 11 is 0. The number of rotatable bonds is 3. The van der Waals surface area contributed by atoms with Crippen LogP contribution >= 0.6 is 0 Å². The van der Waals surface area contributed by atoms with Crippen molar-refractivity contribution in [1.29, 1.82) is 0 Å². The van der Waals surface area contributed by atoms with Crippen LogP contribution in [0.4, 0.5) is 11.4 Å². The van der Waals surface area contributed by atoms with E-state index in [4.69, 9.17) is 0 Å². The molecule has 1 N–H and O–H groups in total. The summed E-state index contributed by atoms with van der Waals surface area (Å²) in [5.74, 6) is -0.0411. The summed E-state index contributed by atoms with van der Waals surface area (Å²) in [5.41, 5.74) is 3.64. The number of carbonyl (C=O) groups is 1. The third-order valence-electron chi connectivity index (χ3n) is 3.42. The summed E-state index contributed by atoms with van der Waals surface area (Å²) in [4.78, 5) is 14.2. The Hall–Kier alpha value is -2.55. The molecular weight excluding hydrogens is 248 g/mol. The average Bonchev–Trinajstić information content (AvgIpc) is 2.81. The van der Waals surface area contributed by atoms with Crippen LogP contribution in [0.1, 0.15) is 12.5 Å². The topological polar surface area (TPSA) is 32.3 Å². The van der Waals surface area contributed by atoms with E-state index in [2.05, 4.69) is 17.1 Å². The maximum atomic E-state index is 12.1. The molecule has 1 heterocycles. The Morgan fingerprint density at radius 2 is 1.75 bits per heavy atom. The second-order valence-corrected chi connectivity index (χ2v) is 4.66. The Labute approximate surface area is 118 Å².